The molecule has 1 fully saturated rings. The number of alkyl halides is 3. The predicted octanol–water partition coefficient (Wildman–Crippen LogP) is 2.46. The predicted molar refractivity (Wildman–Crippen MR) is 60.6 cm³/mol. The summed E-state index contributed by atoms with van der Waals surface area (Å²) >= 11 is 5.63. The van der Waals surface area contributed by atoms with Crippen LogP contribution in [0.1, 0.15) is 19.8 Å². The van der Waals surface area contributed by atoms with Gasteiger partial charge in [0.05, 0.1) is 0 Å². The fourth-order valence-corrected chi connectivity index (χ4v) is 1.62. The third-order valence-corrected chi connectivity index (χ3v) is 2.76. The molecular weight excluding hydrogens is 271 g/mol. The lowest BCUT2D eigenvalue weighted by molar-refractivity contribution is -0.151. The van der Waals surface area contributed by atoms with Gasteiger partial charge in [-0.2, -0.15) is 28.1 Å². The van der Waals surface area contributed by atoms with Crippen molar-refractivity contribution in [3.05, 3.63) is 5.28 Å². The molecule has 2 rings (SSSR count). The summed E-state index contributed by atoms with van der Waals surface area (Å²) in [5.74, 6) is -0.0150. The molecule has 18 heavy (non-hydrogen) atoms. The van der Waals surface area contributed by atoms with Crippen LogP contribution in [0.25, 0.3) is 0 Å². The van der Waals surface area contributed by atoms with Crippen LogP contribution in [0.2, 0.25) is 5.28 Å². The van der Waals surface area contributed by atoms with Crippen molar-refractivity contribution in [3.63, 3.8) is 0 Å². The number of nitrogens with one attached hydrogen (secondary N) is 2. The number of aromatic nitrogens is 3. The maximum atomic E-state index is 12.7. The van der Waals surface area contributed by atoms with Crippen molar-refractivity contribution < 1.29 is 13.2 Å². The largest absolute Gasteiger partial charge is 0.411 e. The second kappa shape index (κ2) is 4.42. The molecule has 0 spiro atoms. The van der Waals surface area contributed by atoms with Gasteiger partial charge in [0.15, 0.2) is 0 Å². The Balaban J connectivity index is 2.19. The van der Waals surface area contributed by atoms with Crippen molar-refractivity contribution in [3.8, 4) is 0 Å². The van der Waals surface area contributed by atoms with E-state index in [-0.39, 0.29) is 30.0 Å². The smallest absolute Gasteiger partial charge is 0.354 e. The topological polar surface area (TPSA) is 62.7 Å². The minimum Gasteiger partial charge on any atom is -0.354 e. The van der Waals surface area contributed by atoms with Gasteiger partial charge in [0.1, 0.15) is 5.54 Å². The number of rotatable bonds is 4. The standard InChI is InChI=1S/C9H11ClF3N5/c1-2-14-6-15-5(10)16-7(17-6)18-8(3-4-8)9(11,12)13/h2-4H2,1H3,(H2,14,15,16,17,18). The summed E-state index contributed by atoms with van der Waals surface area (Å²) < 4.78 is 38.2. The molecule has 0 saturated heterocycles. The van der Waals surface area contributed by atoms with Crippen molar-refractivity contribution >= 4 is 23.5 Å². The van der Waals surface area contributed by atoms with E-state index in [1.54, 1.807) is 0 Å². The highest BCUT2D eigenvalue weighted by molar-refractivity contribution is 6.28. The SMILES string of the molecule is CCNc1nc(Cl)nc(NC2(C(F)(F)F)CC2)n1. The van der Waals surface area contributed by atoms with Gasteiger partial charge in [0.25, 0.3) is 0 Å². The Bertz CT molecular complexity index is 446. The van der Waals surface area contributed by atoms with E-state index in [4.69, 9.17) is 11.6 Å². The summed E-state index contributed by atoms with van der Waals surface area (Å²) in [5.41, 5.74) is -1.92. The van der Waals surface area contributed by atoms with E-state index in [1.807, 2.05) is 6.92 Å². The van der Waals surface area contributed by atoms with Crippen molar-refractivity contribution in [2.24, 2.45) is 0 Å². The van der Waals surface area contributed by atoms with Gasteiger partial charge in [-0.05, 0) is 31.4 Å². The van der Waals surface area contributed by atoms with Crippen LogP contribution in [0.15, 0.2) is 0 Å². The zero-order valence-corrected chi connectivity index (χ0v) is 10.2. The molecule has 2 N–H and O–H groups in total. The van der Waals surface area contributed by atoms with Gasteiger partial charge in [-0.25, -0.2) is 0 Å². The highest BCUT2D eigenvalue weighted by Crippen LogP contribution is 2.50. The van der Waals surface area contributed by atoms with Crippen LogP contribution in [0.3, 0.4) is 0 Å². The summed E-state index contributed by atoms with van der Waals surface area (Å²) in [4.78, 5) is 11.2. The van der Waals surface area contributed by atoms with Crippen LogP contribution >= 0.6 is 11.6 Å². The molecule has 9 heteroatoms. The van der Waals surface area contributed by atoms with Crippen LogP contribution in [0.5, 0.6) is 0 Å². The molecule has 0 aliphatic heterocycles. The number of nitrogens with zero attached hydrogens (tertiary/aromatic N) is 3. The second-order valence-electron chi connectivity index (χ2n) is 3.99. The van der Waals surface area contributed by atoms with Crippen molar-refractivity contribution in [1.29, 1.82) is 0 Å². The molecule has 100 valence electrons. The van der Waals surface area contributed by atoms with Crippen LogP contribution < -0.4 is 10.6 Å². The van der Waals surface area contributed by atoms with Crippen LogP contribution in [-0.4, -0.2) is 33.2 Å². The van der Waals surface area contributed by atoms with Crippen LogP contribution in [0.4, 0.5) is 25.1 Å². The molecule has 1 saturated carbocycles. The third-order valence-electron chi connectivity index (χ3n) is 2.59. The maximum absolute atomic E-state index is 12.7. The highest BCUT2D eigenvalue weighted by Gasteiger charge is 2.64. The highest BCUT2D eigenvalue weighted by atomic mass is 35.5. The lowest BCUT2D eigenvalue weighted by Crippen LogP contribution is -2.39. The molecule has 0 amide bonds. The minimum atomic E-state index is -4.33. The Labute approximate surface area is 106 Å². The van der Waals surface area contributed by atoms with E-state index in [2.05, 4.69) is 25.6 Å². The second-order valence-corrected chi connectivity index (χ2v) is 4.32. The summed E-state index contributed by atoms with van der Waals surface area (Å²) in [7, 11) is 0. The summed E-state index contributed by atoms with van der Waals surface area (Å²) in [6.07, 6.45) is -4.31. The number of anilines is 2. The molecule has 0 unspecified atom stereocenters. The summed E-state index contributed by atoms with van der Waals surface area (Å²) in [6, 6.07) is 0. The molecule has 0 atom stereocenters. The van der Waals surface area contributed by atoms with Gasteiger partial charge in [-0.15, -0.1) is 0 Å². The zero-order chi connectivity index (χ0) is 13.4. The Morgan fingerprint density at radius 2 is 1.83 bits per heavy atom. The lowest BCUT2D eigenvalue weighted by Gasteiger charge is -2.20. The van der Waals surface area contributed by atoms with Gasteiger partial charge in [0, 0.05) is 6.54 Å². The van der Waals surface area contributed by atoms with Gasteiger partial charge >= 0.3 is 6.18 Å². The molecule has 0 radical (unpaired) electrons. The first-order chi connectivity index (χ1) is 8.36. The number of hydrogen-bond acceptors (Lipinski definition) is 5. The maximum Gasteiger partial charge on any atom is 0.411 e. The normalized spacial score (nSPS) is 17.4. The van der Waals surface area contributed by atoms with Crippen LogP contribution in [0, 0.1) is 0 Å². The third kappa shape index (κ3) is 2.58. The van der Waals surface area contributed by atoms with Crippen molar-refractivity contribution in [1.82, 2.24) is 15.0 Å². The van der Waals surface area contributed by atoms with E-state index in [9.17, 15) is 13.2 Å². The molecule has 0 aromatic carbocycles. The molecule has 1 aromatic rings. The monoisotopic (exact) mass is 281 g/mol. The molecule has 5 nitrogen and oxygen atoms in total. The number of halogens is 4. The molecular formula is C9H11ClF3N5. The summed E-state index contributed by atoms with van der Waals surface area (Å²) in [6.45, 7) is 2.34. The van der Waals surface area contributed by atoms with E-state index < -0.39 is 11.7 Å². The zero-order valence-electron chi connectivity index (χ0n) is 9.47. The van der Waals surface area contributed by atoms with Gasteiger partial charge in [-0.1, -0.05) is 0 Å². The van der Waals surface area contributed by atoms with Gasteiger partial charge in [0.2, 0.25) is 17.2 Å². The van der Waals surface area contributed by atoms with Crippen LogP contribution in [-0.2, 0) is 0 Å². The van der Waals surface area contributed by atoms with E-state index in [0.717, 1.165) is 0 Å². The lowest BCUT2D eigenvalue weighted by atomic mass is 10.3. The average molecular weight is 282 g/mol. The van der Waals surface area contributed by atoms with E-state index in [1.165, 1.54) is 0 Å². The fraction of sp³-hybridized carbons (Fsp3) is 0.667. The minimum absolute atomic E-state index is 0.0103. The van der Waals surface area contributed by atoms with Crippen molar-refractivity contribution in [2.75, 3.05) is 17.2 Å². The Kier molecular flexibility index (Phi) is 3.22. The Morgan fingerprint density at radius 1 is 1.22 bits per heavy atom. The van der Waals surface area contributed by atoms with E-state index >= 15 is 0 Å². The van der Waals surface area contributed by atoms with E-state index in [0.29, 0.717) is 6.54 Å². The number of hydrogen-bond donors (Lipinski definition) is 2. The molecule has 1 aliphatic carbocycles. The average Bonchev–Trinajstić information content (AvgIpc) is 2.97. The first-order valence-electron chi connectivity index (χ1n) is 5.37. The molecule has 1 heterocycles. The fourth-order valence-electron chi connectivity index (χ4n) is 1.46. The summed E-state index contributed by atoms with van der Waals surface area (Å²) in [5, 5.41) is 4.91. The molecule has 0 bridgehead atoms. The molecule has 1 aromatic heterocycles. The molecule has 1 aliphatic rings. The first kappa shape index (κ1) is 13.1. The Hall–Kier alpha value is -1.31. The van der Waals surface area contributed by atoms with Crippen molar-refractivity contribution in [2.45, 2.75) is 31.5 Å². The quantitative estimate of drug-likeness (QED) is 0.888. The Morgan fingerprint density at radius 3 is 2.33 bits per heavy atom. The first-order valence-corrected chi connectivity index (χ1v) is 5.74. The van der Waals surface area contributed by atoms with Gasteiger partial charge in [-0.3, -0.25) is 0 Å². The van der Waals surface area contributed by atoms with Gasteiger partial charge < -0.3 is 10.6 Å².